The predicted molar refractivity (Wildman–Crippen MR) is 106 cm³/mol. The summed E-state index contributed by atoms with van der Waals surface area (Å²) in [5, 5.41) is 16.1. The summed E-state index contributed by atoms with van der Waals surface area (Å²) >= 11 is 0. The van der Waals surface area contributed by atoms with Gasteiger partial charge in [-0.3, -0.25) is 0 Å². The molecule has 0 aliphatic heterocycles. The van der Waals surface area contributed by atoms with Crippen LogP contribution in [0, 0.1) is 0 Å². The van der Waals surface area contributed by atoms with Crippen molar-refractivity contribution in [1.82, 2.24) is 4.90 Å². The molecule has 0 saturated carbocycles. The fraction of sp³-hybridized carbons (Fsp3) is 0.227. The van der Waals surface area contributed by atoms with E-state index in [-0.39, 0.29) is 6.61 Å². The Kier molecular flexibility index (Phi) is 6.00. The molecular formula is C22H24N2O2. The van der Waals surface area contributed by atoms with Crippen LogP contribution in [0.2, 0.25) is 0 Å². The maximum atomic E-state index is 9.29. The SMILES string of the molecule is CN(C)CCO/N=C(/c1ccc(CO)cc1)c1cccc2ccccc12. The van der Waals surface area contributed by atoms with E-state index >= 15 is 0 Å². The lowest BCUT2D eigenvalue weighted by molar-refractivity contribution is 0.126. The van der Waals surface area contributed by atoms with Crippen LogP contribution in [0.25, 0.3) is 10.8 Å². The highest BCUT2D eigenvalue weighted by Crippen LogP contribution is 2.22. The monoisotopic (exact) mass is 348 g/mol. The van der Waals surface area contributed by atoms with Crippen molar-refractivity contribution in [2.75, 3.05) is 27.2 Å². The summed E-state index contributed by atoms with van der Waals surface area (Å²) in [6, 6.07) is 22.2. The standard InChI is InChI=1S/C22H24N2O2/c1-24(2)14-15-26-23-22(19-12-10-17(16-25)11-13-19)21-9-5-7-18-6-3-4-8-20(18)21/h3-13,25H,14-16H2,1-2H3/b23-22-. The molecule has 4 nitrogen and oxygen atoms in total. The number of hydrogen-bond donors (Lipinski definition) is 1. The number of hydrogen-bond acceptors (Lipinski definition) is 4. The topological polar surface area (TPSA) is 45.1 Å². The van der Waals surface area contributed by atoms with Gasteiger partial charge in [-0.05, 0) is 30.4 Å². The summed E-state index contributed by atoms with van der Waals surface area (Å²) in [6.45, 7) is 1.35. The molecule has 4 heteroatoms. The van der Waals surface area contributed by atoms with Gasteiger partial charge in [-0.25, -0.2) is 0 Å². The first-order valence-corrected chi connectivity index (χ1v) is 8.72. The van der Waals surface area contributed by atoms with Gasteiger partial charge in [-0.15, -0.1) is 0 Å². The van der Waals surface area contributed by atoms with E-state index < -0.39 is 0 Å². The van der Waals surface area contributed by atoms with Gasteiger partial charge in [-0.2, -0.15) is 0 Å². The zero-order valence-electron chi connectivity index (χ0n) is 15.2. The van der Waals surface area contributed by atoms with E-state index in [9.17, 15) is 5.11 Å². The van der Waals surface area contributed by atoms with Crippen molar-refractivity contribution in [2.24, 2.45) is 5.16 Å². The van der Waals surface area contributed by atoms with Crippen LogP contribution in [0.1, 0.15) is 16.7 Å². The smallest absolute Gasteiger partial charge is 0.129 e. The second kappa shape index (κ2) is 8.61. The van der Waals surface area contributed by atoms with Gasteiger partial charge in [0.15, 0.2) is 0 Å². The number of nitrogens with zero attached hydrogens (tertiary/aromatic N) is 2. The molecule has 0 saturated heterocycles. The lowest BCUT2D eigenvalue weighted by atomic mass is 9.96. The normalized spacial score (nSPS) is 11.9. The quantitative estimate of drug-likeness (QED) is 0.403. The van der Waals surface area contributed by atoms with Gasteiger partial charge in [0.25, 0.3) is 0 Å². The van der Waals surface area contributed by atoms with Crippen molar-refractivity contribution in [3.63, 3.8) is 0 Å². The molecule has 0 bridgehead atoms. The van der Waals surface area contributed by atoms with Crippen LogP contribution in [0.4, 0.5) is 0 Å². The largest absolute Gasteiger partial charge is 0.394 e. The molecule has 1 N–H and O–H groups in total. The van der Waals surface area contributed by atoms with E-state index in [0.29, 0.717) is 6.61 Å². The maximum Gasteiger partial charge on any atom is 0.129 e. The Morgan fingerprint density at radius 1 is 0.962 bits per heavy atom. The molecule has 0 aliphatic rings. The van der Waals surface area contributed by atoms with E-state index in [1.807, 2.05) is 56.6 Å². The van der Waals surface area contributed by atoms with Crippen molar-refractivity contribution >= 4 is 16.5 Å². The summed E-state index contributed by atoms with van der Waals surface area (Å²) in [5.74, 6) is 0. The summed E-state index contributed by atoms with van der Waals surface area (Å²) in [5.41, 5.74) is 3.66. The fourth-order valence-corrected chi connectivity index (χ4v) is 2.79. The Balaban J connectivity index is 2.02. The van der Waals surface area contributed by atoms with Crippen molar-refractivity contribution in [1.29, 1.82) is 0 Å². The first kappa shape index (κ1) is 18.1. The van der Waals surface area contributed by atoms with Crippen LogP contribution in [-0.4, -0.2) is 43.0 Å². The van der Waals surface area contributed by atoms with Gasteiger partial charge < -0.3 is 14.8 Å². The minimum atomic E-state index is 0.0281. The number of rotatable bonds is 7. The summed E-state index contributed by atoms with van der Waals surface area (Å²) in [7, 11) is 4.01. The molecule has 3 aromatic rings. The number of benzene rings is 3. The molecule has 0 aromatic heterocycles. The Hall–Kier alpha value is -2.69. The molecule has 0 unspecified atom stereocenters. The van der Waals surface area contributed by atoms with Crippen LogP contribution in [0.3, 0.4) is 0 Å². The summed E-state index contributed by atoms with van der Waals surface area (Å²) in [4.78, 5) is 7.68. The van der Waals surface area contributed by atoms with Crippen molar-refractivity contribution in [3.05, 3.63) is 83.4 Å². The molecule has 3 aromatic carbocycles. The highest BCUT2D eigenvalue weighted by atomic mass is 16.6. The third-order valence-electron chi connectivity index (χ3n) is 4.24. The molecule has 0 heterocycles. The van der Waals surface area contributed by atoms with Crippen molar-refractivity contribution in [3.8, 4) is 0 Å². The number of oxime groups is 1. The second-order valence-electron chi connectivity index (χ2n) is 6.46. The van der Waals surface area contributed by atoms with Crippen LogP contribution < -0.4 is 0 Å². The maximum absolute atomic E-state index is 9.29. The minimum absolute atomic E-state index is 0.0281. The predicted octanol–water partition coefficient (Wildman–Crippen LogP) is 3.66. The molecule has 0 amide bonds. The Morgan fingerprint density at radius 2 is 1.69 bits per heavy atom. The average Bonchev–Trinajstić information content (AvgIpc) is 2.68. The fourth-order valence-electron chi connectivity index (χ4n) is 2.79. The second-order valence-corrected chi connectivity index (χ2v) is 6.46. The van der Waals surface area contributed by atoms with E-state index in [1.165, 1.54) is 0 Å². The third-order valence-corrected chi connectivity index (χ3v) is 4.24. The van der Waals surface area contributed by atoms with Crippen LogP contribution in [0.5, 0.6) is 0 Å². The van der Waals surface area contributed by atoms with Gasteiger partial charge in [0.2, 0.25) is 0 Å². The number of fused-ring (bicyclic) bond motifs is 1. The van der Waals surface area contributed by atoms with E-state index in [4.69, 9.17) is 4.84 Å². The highest BCUT2D eigenvalue weighted by molar-refractivity contribution is 6.19. The average molecular weight is 348 g/mol. The molecule has 3 rings (SSSR count). The zero-order valence-corrected chi connectivity index (χ0v) is 15.2. The molecule has 0 atom stereocenters. The van der Waals surface area contributed by atoms with Crippen LogP contribution in [0.15, 0.2) is 71.9 Å². The van der Waals surface area contributed by atoms with Crippen molar-refractivity contribution < 1.29 is 9.94 Å². The van der Waals surface area contributed by atoms with Gasteiger partial charge in [0.05, 0.1) is 6.61 Å². The Bertz CT molecular complexity index is 881. The van der Waals surface area contributed by atoms with E-state index in [1.54, 1.807) is 0 Å². The molecule has 26 heavy (non-hydrogen) atoms. The van der Waals surface area contributed by atoms with Gasteiger partial charge in [0.1, 0.15) is 12.3 Å². The molecular weight excluding hydrogens is 324 g/mol. The number of likely N-dealkylation sites (N-methyl/N-ethyl adjacent to an activating group) is 1. The summed E-state index contributed by atoms with van der Waals surface area (Å²) in [6.07, 6.45) is 0. The molecule has 0 radical (unpaired) electrons. The Labute approximate surface area is 154 Å². The van der Waals surface area contributed by atoms with E-state index in [0.717, 1.165) is 39.7 Å². The van der Waals surface area contributed by atoms with E-state index in [2.05, 4.69) is 34.3 Å². The van der Waals surface area contributed by atoms with Crippen LogP contribution in [-0.2, 0) is 11.4 Å². The lowest BCUT2D eigenvalue weighted by Crippen LogP contribution is -2.17. The van der Waals surface area contributed by atoms with Gasteiger partial charge in [-0.1, -0.05) is 71.9 Å². The zero-order chi connectivity index (χ0) is 18.4. The number of aliphatic hydroxyl groups is 1. The number of aliphatic hydroxyl groups excluding tert-OH is 1. The highest BCUT2D eigenvalue weighted by Gasteiger charge is 2.12. The molecule has 0 aliphatic carbocycles. The molecule has 0 spiro atoms. The minimum Gasteiger partial charge on any atom is -0.394 e. The Morgan fingerprint density at radius 3 is 2.42 bits per heavy atom. The lowest BCUT2D eigenvalue weighted by Gasteiger charge is -2.12. The summed E-state index contributed by atoms with van der Waals surface area (Å²) < 4.78 is 0. The molecule has 0 fully saturated rings. The first-order valence-electron chi connectivity index (χ1n) is 8.72. The van der Waals surface area contributed by atoms with Crippen molar-refractivity contribution in [2.45, 2.75) is 6.61 Å². The van der Waals surface area contributed by atoms with Gasteiger partial charge >= 0.3 is 0 Å². The van der Waals surface area contributed by atoms with Crippen LogP contribution >= 0.6 is 0 Å². The third kappa shape index (κ3) is 4.28. The van der Waals surface area contributed by atoms with Gasteiger partial charge in [0, 0.05) is 17.7 Å². The first-order chi connectivity index (χ1) is 12.7. The molecule has 134 valence electrons.